The third-order valence-electron chi connectivity index (χ3n) is 3.78. The van der Waals surface area contributed by atoms with Gasteiger partial charge in [0.25, 0.3) is 0 Å². The molecule has 0 fully saturated rings. The topological polar surface area (TPSA) is 39.4 Å². The highest BCUT2D eigenvalue weighted by molar-refractivity contribution is 5.95. The summed E-state index contributed by atoms with van der Waals surface area (Å²) in [7, 11) is 3.13. The number of ether oxygens (including phenoxy) is 2. The van der Waals surface area contributed by atoms with Gasteiger partial charge in [0, 0.05) is 17.0 Å². The van der Waals surface area contributed by atoms with Gasteiger partial charge in [-0.1, -0.05) is 18.2 Å². The number of hydrogen-bond donors (Lipinski definition) is 0. The third kappa shape index (κ3) is 3.74. The fourth-order valence-electron chi connectivity index (χ4n) is 2.54. The Hall–Kier alpha value is -2.40. The molecule has 0 unspecified atom stereocenters. The Bertz CT molecular complexity index is 864. The number of rotatable bonds is 5. The number of pyridine rings is 1. The van der Waals surface area contributed by atoms with Gasteiger partial charge >= 0.3 is 0 Å². The lowest BCUT2D eigenvalue weighted by Crippen LogP contribution is -3.00. The predicted molar refractivity (Wildman–Crippen MR) is 88.0 cm³/mol. The first-order valence-electron chi connectivity index (χ1n) is 7.34. The van der Waals surface area contributed by atoms with E-state index in [0.29, 0.717) is 17.1 Å². The molecule has 2 aromatic carbocycles. The molecule has 1 aromatic heterocycles. The lowest BCUT2D eigenvalue weighted by atomic mass is 10.1. The monoisotopic (exact) mass is 387 g/mol. The number of carbonyl (C=O) groups excluding carboxylic acids is 1. The number of hydrogen-bond acceptors (Lipinski definition) is 3. The van der Waals surface area contributed by atoms with Crippen LogP contribution in [0.15, 0.2) is 60.9 Å². The average molecular weight is 388 g/mol. The molecule has 0 aliphatic rings. The van der Waals surface area contributed by atoms with Gasteiger partial charge in [-0.25, -0.2) is 0 Å². The van der Waals surface area contributed by atoms with Crippen LogP contribution >= 0.6 is 0 Å². The maximum Gasteiger partial charge on any atom is 0.227 e. The Morgan fingerprint density at radius 1 is 0.958 bits per heavy atom. The molecule has 0 N–H and O–H groups in total. The number of nitrogens with zero attached hydrogens (tertiary/aromatic N) is 1. The minimum Gasteiger partial charge on any atom is -1.00 e. The van der Waals surface area contributed by atoms with Crippen molar-refractivity contribution < 1.29 is 35.8 Å². The maximum atomic E-state index is 12.5. The van der Waals surface area contributed by atoms with E-state index in [1.807, 2.05) is 41.2 Å². The van der Waals surface area contributed by atoms with Crippen LogP contribution in [0.25, 0.3) is 10.8 Å². The maximum absolute atomic E-state index is 12.5. The molecule has 0 saturated carbocycles. The zero-order valence-electron chi connectivity index (χ0n) is 13.5. The average Bonchev–Trinajstić information content (AvgIpc) is 2.60. The summed E-state index contributed by atoms with van der Waals surface area (Å²) in [5, 5.41) is 2.26. The summed E-state index contributed by atoms with van der Waals surface area (Å²) in [6.45, 7) is 0.278. The molecule has 0 spiro atoms. The minimum absolute atomic E-state index is 0. The van der Waals surface area contributed by atoms with Crippen molar-refractivity contribution in [2.24, 2.45) is 0 Å². The van der Waals surface area contributed by atoms with Crippen LogP contribution < -0.4 is 31.0 Å². The van der Waals surface area contributed by atoms with Crippen LogP contribution in [0.2, 0.25) is 0 Å². The molecule has 0 aliphatic heterocycles. The Balaban J connectivity index is 0.00000208. The largest absolute Gasteiger partial charge is 1.00 e. The number of halogens is 1. The predicted octanol–water partition coefficient (Wildman–Crippen LogP) is 0.0314. The third-order valence-corrected chi connectivity index (χ3v) is 3.78. The molecule has 0 radical (unpaired) electrons. The first kappa shape index (κ1) is 17.9. The van der Waals surface area contributed by atoms with E-state index in [1.165, 1.54) is 0 Å². The molecule has 1 heterocycles. The molecular weight excluding hydrogens is 370 g/mol. The summed E-state index contributed by atoms with van der Waals surface area (Å²) in [5.74, 6) is 1.19. The van der Waals surface area contributed by atoms with Crippen molar-refractivity contribution >= 4 is 16.6 Å². The summed E-state index contributed by atoms with van der Waals surface area (Å²) in [6, 6.07) is 15.3. The second kappa shape index (κ2) is 7.93. The number of carbonyl (C=O) groups is 1. The summed E-state index contributed by atoms with van der Waals surface area (Å²) in [5.41, 5.74) is 0.600. The van der Waals surface area contributed by atoms with Gasteiger partial charge in [0.1, 0.15) is 0 Å². The van der Waals surface area contributed by atoms with Gasteiger partial charge in [-0.2, -0.15) is 4.57 Å². The molecule has 0 bridgehead atoms. The minimum atomic E-state index is 0. The molecule has 0 amide bonds. The first-order chi connectivity index (χ1) is 11.2. The highest BCUT2D eigenvalue weighted by Crippen LogP contribution is 2.27. The van der Waals surface area contributed by atoms with Crippen molar-refractivity contribution in [1.29, 1.82) is 0 Å². The van der Waals surface area contributed by atoms with Crippen LogP contribution in [-0.4, -0.2) is 20.0 Å². The van der Waals surface area contributed by atoms with Crippen molar-refractivity contribution in [3.05, 3.63) is 66.5 Å². The van der Waals surface area contributed by atoms with Crippen molar-refractivity contribution in [3.8, 4) is 11.5 Å². The van der Waals surface area contributed by atoms with E-state index in [-0.39, 0.29) is 29.3 Å². The van der Waals surface area contributed by atoms with Crippen LogP contribution in [0.3, 0.4) is 0 Å². The fourth-order valence-corrected chi connectivity index (χ4v) is 2.54. The van der Waals surface area contributed by atoms with E-state index < -0.39 is 0 Å². The van der Waals surface area contributed by atoms with Gasteiger partial charge in [-0.05, 0) is 29.7 Å². The van der Waals surface area contributed by atoms with Gasteiger partial charge in [0.2, 0.25) is 12.3 Å². The van der Waals surface area contributed by atoms with E-state index in [4.69, 9.17) is 9.47 Å². The number of methoxy groups -OCH3 is 2. The summed E-state index contributed by atoms with van der Waals surface area (Å²) in [6.07, 6.45) is 3.90. The van der Waals surface area contributed by atoms with E-state index in [1.54, 1.807) is 32.4 Å². The molecular formula is C19H18BrNO3. The van der Waals surface area contributed by atoms with Gasteiger partial charge < -0.3 is 26.5 Å². The van der Waals surface area contributed by atoms with Crippen LogP contribution in [0.1, 0.15) is 10.4 Å². The standard InChI is InChI=1S/C19H18NO3.BrH/c1-22-18-8-7-15(11-19(18)23-2)17(21)13-20-10-9-14-5-3-4-6-16(14)12-20;/h3-12H,13H2,1-2H3;1H/q+1;/p-1. The lowest BCUT2D eigenvalue weighted by Gasteiger charge is -2.08. The number of fused-ring (bicyclic) bond motifs is 1. The summed E-state index contributed by atoms with van der Waals surface area (Å²) in [4.78, 5) is 12.5. The molecule has 124 valence electrons. The Labute approximate surface area is 151 Å². The van der Waals surface area contributed by atoms with Crippen LogP contribution in [-0.2, 0) is 6.54 Å². The molecule has 4 nitrogen and oxygen atoms in total. The SMILES string of the molecule is COc1ccc(C(=O)C[n+]2ccc3ccccc3c2)cc1OC.[Br-]. The summed E-state index contributed by atoms with van der Waals surface area (Å²) < 4.78 is 12.3. The lowest BCUT2D eigenvalue weighted by molar-refractivity contribution is -0.681. The van der Waals surface area contributed by atoms with Crippen LogP contribution in [0, 0.1) is 0 Å². The number of ketones is 1. The van der Waals surface area contributed by atoms with Gasteiger partial charge in [0.05, 0.1) is 14.2 Å². The number of Topliss-reactive ketones (excluding diaryl/α,β-unsaturated/α-hetero) is 1. The van der Waals surface area contributed by atoms with Gasteiger partial charge in [0.15, 0.2) is 23.9 Å². The van der Waals surface area contributed by atoms with Gasteiger partial charge in [-0.3, -0.25) is 4.79 Å². The van der Waals surface area contributed by atoms with Crippen LogP contribution in [0.5, 0.6) is 11.5 Å². The van der Waals surface area contributed by atoms with Gasteiger partial charge in [-0.15, -0.1) is 0 Å². The second-order valence-corrected chi connectivity index (χ2v) is 5.24. The Morgan fingerprint density at radius 3 is 2.38 bits per heavy atom. The van der Waals surface area contributed by atoms with Crippen molar-refractivity contribution in [3.63, 3.8) is 0 Å². The molecule has 3 aromatic rings. The zero-order valence-corrected chi connectivity index (χ0v) is 15.1. The molecule has 5 heteroatoms. The van der Waals surface area contributed by atoms with E-state index >= 15 is 0 Å². The van der Waals surface area contributed by atoms with E-state index in [0.717, 1.165) is 10.8 Å². The van der Waals surface area contributed by atoms with Crippen LogP contribution in [0.4, 0.5) is 0 Å². The number of benzene rings is 2. The highest BCUT2D eigenvalue weighted by atomic mass is 79.9. The Morgan fingerprint density at radius 2 is 1.67 bits per heavy atom. The van der Waals surface area contributed by atoms with E-state index in [9.17, 15) is 4.79 Å². The van der Waals surface area contributed by atoms with Crippen molar-refractivity contribution in [2.75, 3.05) is 14.2 Å². The normalized spacial score (nSPS) is 10.1. The van der Waals surface area contributed by atoms with E-state index in [2.05, 4.69) is 6.07 Å². The number of aromatic nitrogens is 1. The second-order valence-electron chi connectivity index (χ2n) is 5.24. The highest BCUT2D eigenvalue weighted by Gasteiger charge is 2.15. The summed E-state index contributed by atoms with van der Waals surface area (Å²) >= 11 is 0. The first-order valence-corrected chi connectivity index (χ1v) is 7.34. The molecule has 0 atom stereocenters. The smallest absolute Gasteiger partial charge is 0.227 e. The van der Waals surface area contributed by atoms with Crippen molar-refractivity contribution in [1.82, 2.24) is 0 Å². The fraction of sp³-hybridized carbons (Fsp3) is 0.158. The zero-order chi connectivity index (χ0) is 16.2. The molecule has 0 aliphatic carbocycles. The quantitative estimate of drug-likeness (QED) is 0.458. The Kier molecular flexibility index (Phi) is 5.93. The molecule has 24 heavy (non-hydrogen) atoms. The molecule has 0 saturated heterocycles. The van der Waals surface area contributed by atoms with Crippen molar-refractivity contribution in [2.45, 2.75) is 6.54 Å². The molecule has 3 rings (SSSR count).